The molecule has 8 heteroatoms. The predicted octanol–water partition coefficient (Wildman–Crippen LogP) is 5.23. The molecule has 0 atom stereocenters. The second-order valence-corrected chi connectivity index (χ2v) is 9.06. The molecule has 0 saturated carbocycles. The second-order valence-electron chi connectivity index (χ2n) is 9.06. The quantitative estimate of drug-likeness (QED) is 0.326. The number of hydrogen-bond acceptors (Lipinski definition) is 6. The van der Waals surface area contributed by atoms with Crippen molar-refractivity contribution in [3.63, 3.8) is 0 Å². The van der Waals surface area contributed by atoms with Crippen molar-refractivity contribution in [3.05, 3.63) is 103 Å². The van der Waals surface area contributed by atoms with Gasteiger partial charge >= 0.3 is 0 Å². The van der Waals surface area contributed by atoms with Crippen molar-refractivity contribution >= 4 is 28.2 Å². The fraction of sp³-hybridized carbons (Fsp3) is 0.167. The largest absolute Gasteiger partial charge is 0.438 e. The van der Waals surface area contributed by atoms with Gasteiger partial charge in [0.15, 0.2) is 5.82 Å². The molecule has 1 amide bonds. The number of ether oxygens (including phenoxy) is 2. The van der Waals surface area contributed by atoms with Gasteiger partial charge in [-0.3, -0.25) is 9.36 Å². The molecule has 0 radical (unpaired) electrons. The van der Waals surface area contributed by atoms with Crippen LogP contribution in [-0.2, 0) is 16.0 Å². The van der Waals surface area contributed by atoms with Gasteiger partial charge in [-0.1, -0.05) is 36.4 Å². The monoisotopic (exact) mass is 505 g/mol. The zero-order valence-electron chi connectivity index (χ0n) is 20.8. The van der Waals surface area contributed by atoms with Crippen molar-refractivity contribution in [1.82, 2.24) is 14.8 Å². The summed E-state index contributed by atoms with van der Waals surface area (Å²) in [5.74, 6) is 1.68. The maximum Gasteiger partial charge on any atom is 0.238 e. The highest BCUT2D eigenvalue weighted by Crippen LogP contribution is 2.26. The lowest BCUT2D eigenvalue weighted by Crippen LogP contribution is -2.36. The third-order valence-corrected chi connectivity index (χ3v) is 6.51. The summed E-state index contributed by atoms with van der Waals surface area (Å²) in [4.78, 5) is 15.3. The van der Waals surface area contributed by atoms with E-state index < -0.39 is 0 Å². The highest BCUT2D eigenvalue weighted by atomic mass is 16.5. The van der Waals surface area contributed by atoms with Crippen LogP contribution < -0.4 is 15.0 Å². The third kappa shape index (κ3) is 5.21. The van der Waals surface area contributed by atoms with E-state index in [0.29, 0.717) is 17.4 Å². The fourth-order valence-electron chi connectivity index (χ4n) is 4.64. The number of hydrogen-bond donors (Lipinski definition) is 1. The summed E-state index contributed by atoms with van der Waals surface area (Å²) in [7, 11) is 0. The number of para-hydroxylation sites is 2. The van der Waals surface area contributed by atoms with Crippen LogP contribution in [0.2, 0.25) is 0 Å². The Morgan fingerprint density at radius 1 is 0.868 bits per heavy atom. The summed E-state index contributed by atoms with van der Waals surface area (Å²) in [6.45, 7) is 3.23. The minimum atomic E-state index is -0.0790. The van der Waals surface area contributed by atoms with Gasteiger partial charge in [0.2, 0.25) is 11.8 Å². The number of rotatable bonds is 7. The molecule has 2 aromatic heterocycles. The van der Waals surface area contributed by atoms with Crippen molar-refractivity contribution in [2.75, 3.05) is 36.5 Å². The fourth-order valence-corrected chi connectivity index (χ4v) is 4.64. The van der Waals surface area contributed by atoms with Gasteiger partial charge in [0.1, 0.15) is 5.75 Å². The summed E-state index contributed by atoms with van der Waals surface area (Å²) < 4.78 is 13.1. The summed E-state index contributed by atoms with van der Waals surface area (Å²) in [6, 6.07) is 29.1. The Balaban J connectivity index is 1.17. The molecule has 6 rings (SSSR count). The summed E-state index contributed by atoms with van der Waals surface area (Å²) in [6.07, 6.45) is 2.19. The van der Waals surface area contributed by atoms with E-state index in [1.807, 2.05) is 95.7 Å². The standard InChI is InChI=1S/C30H27N5O3/c36-29(31-23-10-12-24(13-11-23)34-16-18-37-19-17-34)20-22-21-35(27-9-5-4-8-26(22)27)28-14-15-30(33-32-28)38-25-6-2-1-3-7-25/h1-15,21H,16-20H2,(H,31,36). The Morgan fingerprint density at radius 3 is 2.39 bits per heavy atom. The van der Waals surface area contributed by atoms with E-state index in [2.05, 4.69) is 20.4 Å². The van der Waals surface area contributed by atoms with Gasteiger partial charge in [-0.2, -0.15) is 0 Å². The summed E-state index contributed by atoms with van der Waals surface area (Å²) in [5.41, 5.74) is 3.77. The molecule has 1 fully saturated rings. The van der Waals surface area contributed by atoms with Gasteiger partial charge in [-0.05, 0) is 54.1 Å². The molecule has 5 aromatic rings. The van der Waals surface area contributed by atoms with Gasteiger partial charge < -0.3 is 19.7 Å². The van der Waals surface area contributed by atoms with E-state index >= 15 is 0 Å². The third-order valence-electron chi connectivity index (χ3n) is 6.51. The number of anilines is 2. The molecule has 0 aliphatic carbocycles. The number of fused-ring (bicyclic) bond motifs is 1. The van der Waals surface area contributed by atoms with Gasteiger partial charge in [0.25, 0.3) is 0 Å². The first kappa shape index (κ1) is 23.7. The highest BCUT2D eigenvalue weighted by Gasteiger charge is 2.15. The van der Waals surface area contributed by atoms with E-state index in [-0.39, 0.29) is 12.3 Å². The maximum atomic E-state index is 13.0. The molecule has 38 heavy (non-hydrogen) atoms. The first-order valence-electron chi connectivity index (χ1n) is 12.6. The van der Waals surface area contributed by atoms with Gasteiger partial charge in [0.05, 0.1) is 25.2 Å². The number of morpholine rings is 1. The SMILES string of the molecule is O=C(Cc1cn(-c2ccc(Oc3ccccc3)nn2)c2ccccc12)Nc1ccc(N2CCOCC2)cc1. The highest BCUT2D eigenvalue weighted by molar-refractivity contribution is 5.96. The molecule has 1 aliphatic heterocycles. The Morgan fingerprint density at radius 2 is 1.63 bits per heavy atom. The van der Waals surface area contributed by atoms with Crippen LogP contribution in [0.5, 0.6) is 11.6 Å². The van der Waals surface area contributed by atoms with Gasteiger partial charge in [-0.25, -0.2) is 0 Å². The van der Waals surface area contributed by atoms with Crippen LogP contribution in [0.3, 0.4) is 0 Å². The lowest BCUT2D eigenvalue weighted by atomic mass is 10.1. The summed E-state index contributed by atoms with van der Waals surface area (Å²) >= 11 is 0. The van der Waals surface area contributed by atoms with Gasteiger partial charge in [-0.15, -0.1) is 10.2 Å². The lowest BCUT2D eigenvalue weighted by molar-refractivity contribution is -0.115. The molecule has 1 N–H and O–H groups in total. The van der Waals surface area contributed by atoms with Gasteiger partial charge in [0, 0.05) is 42.1 Å². The minimum absolute atomic E-state index is 0.0790. The van der Waals surface area contributed by atoms with E-state index in [1.165, 1.54) is 0 Å². The van der Waals surface area contributed by atoms with E-state index in [4.69, 9.17) is 9.47 Å². The van der Waals surface area contributed by atoms with Crippen molar-refractivity contribution in [1.29, 1.82) is 0 Å². The van der Waals surface area contributed by atoms with Crippen LogP contribution in [0, 0.1) is 0 Å². The molecule has 0 unspecified atom stereocenters. The van der Waals surface area contributed by atoms with Crippen LogP contribution in [-0.4, -0.2) is 47.0 Å². The first-order valence-corrected chi connectivity index (χ1v) is 12.6. The van der Waals surface area contributed by atoms with Crippen LogP contribution in [0.4, 0.5) is 11.4 Å². The first-order chi connectivity index (χ1) is 18.7. The summed E-state index contributed by atoms with van der Waals surface area (Å²) in [5, 5.41) is 12.6. The van der Waals surface area contributed by atoms with E-state index in [1.54, 1.807) is 6.07 Å². The number of aromatic nitrogens is 3. The Bertz CT molecular complexity index is 1530. The number of amides is 1. The van der Waals surface area contributed by atoms with Crippen LogP contribution in [0.1, 0.15) is 5.56 Å². The zero-order chi connectivity index (χ0) is 25.7. The topological polar surface area (TPSA) is 81.5 Å². The van der Waals surface area contributed by atoms with Crippen molar-refractivity contribution in [2.45, 2.75) is 6.42 Å². The normalized spacial score (nSPS) is 13.4. The van der Waals surface area contributed by atoms with Crippen molar-refractivity contribution in [3.8, 4) is 17.4 Å². The van der Waals surface area contributed by atoms with E-state index in [9.17, 15) is 4.79 Å². The molecule has 3 aromatic carbocycles. The average Bonchev–Trinajstić information content (AvgIpc) is 3.33. The Kier molecular flexibility index (Phi) is 6.70. The molecule has 1 aliphatic rings. The molecule has 190 valence electrons. The molecule has 0 spiro atoms. The van der Waals surface area contributed by atoms with Crippen LogP contribution >= 0.6 is 0 Å². The van der Waals surface area contributed by atoms with Crippen molar-refractivity contribution in [2.24, 2.45) is 0 Å². The average molecular weight is 506 g/mol. The number of nitrogens with zero attached hydrogens (tertiary/aromatic N) is 4. The molecular formula is C30H27N5O3. The molecular weight excluding hydrogens is 478 g/mol. The number of carbonyl (C=O) groups is 1. The minimum Gasteiger partial charge on any atom is -0.438 e. The zero-order valence-corrected chi connectivity index (χ0v) is 20.8. The van der Waals surface area contributed by atoms with Crippen LogP contribution in [0.25, 0.3) is 16.7 Å². The number of nitrogens with one attached hydrogen (secondary N) is 1. The molecule has 8 nitrogen and oxygen atoms in total. The number of benzene rings is 3. The predicted molar refractivity (Wildman–Crippen MR) is 147 cm³/mol. The molecule has 1 saturated heterocycles. The molecule has 0 bridgehead atoms. The smallest absolute Gasteiger partial charge is 0.238 e. The Hall–Kier alpha value is -4.69. The van der Waals surface area contributed by atoms with Crippen LogP contribution in [0.15, 0.2) is 97.2 Å². The second kappa shape index (κ2) is 10.7. The number of carbonyl (C=O) groups excluding carboxylic acids is 1. The molecule has 3 heterocycles. The maximum absolute atomic E-state index is 13.0. The van der Waals surface area contributed by atoms with Crippen molar-refractivity contribution < 1.29 is 14.3 Å². The lowest BCUT2D eigenvalue weighted by Gasteiger charge is -2.28. The Labute approximate surface area is 220 Å². The van der Waals surface area contributed by atoms with E-state index in [0.717, 1.165) is 54.1 Å².